The monoisotopic (exact) mass is 468 g/mol. The molecule has 5 rings (SSSR count). The van der Waals surface area contributed by atoms with Crippen LogP contribution in [0.15, 0.2) is 79.1 Å². The molecule has 0 radical (unpaired) electrons. The molecule has 0 aliphatic carbocycles. The fourth-order valence-corrected chi connectivity index (χ4v) is 4.11. The van der Waals surface area contributed by atoms with Crippen LogP contribution < -0.4 is 5.32 Å². The van der Waals surface area contributed by atoms with E-state index in [1.165, 1.54) is 29.2 Å². The van der Waals surface area contributed by atoms with Crippen LogP contribution in [0.1, 0.15) is 48.0 Å². The molecule has 0 saturated carbocycles. The van der Waals surface area contributed by atoms with Crippen molar-refractivity contribution in [3.8, 4) is 5.69 Å². The number of imide groups is 1. The first kappa shape index (κ1) is 22.2. The van der Waals surface area contributed by atoms with Crippen molar-refractivity contribution in [1.82, 2.24) is 19.8 Å². The average Bonchev–Trinajstić information content (AvgIpc) is 3.39. The summed E-state index contributed by atoms with van der Waals surface area (Å²) < 4.78 is 16.3. The van der Waals surface area contributed by atoms with E-state index in [9.17, 15) is 18.8 Å². The van der Waals surface area contributed by atoms with Crippen LogP contribution in [0.25, 0.3) is 5.69 Å². The van der Waals surface area contributed by atoms with Crippen molar-refractivity contribution in [2.24, 2.45) is 0 Å². The third kappa shape index (κ3) is 4.21. The molecule has 0 spiro atoms. The van der Waals surface area contributed by atoms with E-state index < -0.39 is 17.6 Å². The van der Waals surface area contributed by atoms with Crippen LogP contribution in [0.5, 0.6) is 0 Å². The van der Waals surface area contributed by atoms with E-state index in [1.54, 1.807) is 36.0 Å². The highest BCUT2D eigenvalue weighted by atomic mass is 19.1. The van der Waals surface area contributed by atoms with E-state index in [1.807, 2.05) is 30.3 Å². The highest BCUT2D eigenvalue weighted by Gasteiger charge is 2.36. The largest absolute Gasteiger partial charge is 0.348 e. The van der Waals surface area contributed by atoms with E-state index in [0.29, 0.717) is 17.1 Å². The van der Waals surface area contributed by atoms with Crippen LogP contribution >= 0.6 is 0 Å². The molecule has 1 N–H and O–H groups in total. The molecule has 3 amide bonds. The third-order valence-electron chi connectivity index (χ3n) is 5.97. The Balaban J connectivity index is 1.28. The summed E-state index contributed by atoms with van der Waals surface area (Å²) in [5.41, 5.74) is 2.51. The predicted molar refractivity (Wildman–Crippen MR) is 127 cm³/mol. The number of amides is 3. The Bertz CT molecular complexity index is 1460. The normalized spacial score (nSPS) is 12.7. The summed E-state index contributed by atoms with van der Waals surface area (Å²) in [7, 11) is 0. The van der Waals surface area contributed by atoms with Crippen LogP contribution in [0.3, 0.4) is 0 Å². The number of nitrogens with zero attached hydrogens (tertiary/aromatic N) is 3. The van der Waals surface area contributed by atoms with Gasteiger partial charge in [-0.25, -0.2) is 9.37 Å². The number of aromatic nitrogens is 2. The molecule has 2 heterocycles. The van der Waals surface area contributed by atoms with Gasteiger partial charge in [-0.15, -0.1) is 0 Å². The number of carbonyl (C=O) groups is 3. The van der Waals surface area contributed by atoms with Gasteiger partial charge in [-0.3, -0.25) is 19.3 Å². The number of benzene rings is 3. The fourth-order valence-electron chi connectivity index (χ4n) is 4.11. The Morgan fingerprint density at radius 1 is 0.943 bits per heavy atom. The molecule has 4 aromatic rings. The lowest BCUT2D eigenvalue weighted by molar-refractivity contribution is 0.0642. The van der Waals surface area contributed by atoms with Gasteiger partial charge < -0.3 is 9.88 Å². The zero-order chi connectivity index (χ0) is 24.5. The SMILES string of the molecule is Cc1nccn1-c1ccc(CNC(=O)c2ccc3c(c2)C(=O)N(Cc2ccccc2)C3=O)cc1F. The van der Waals surface area contributed by atoms with Crippen LogP contribution in [-0.2, 0) is 13.1 Å². The zero-order valence-corrected chi connectivity index (χ0v) is 18.9. The summed E-state index contributed by atoms with van der Waals surface area (Å²) >= 11 is 0. The molecule has 0 saturated heterocycles. The second-order valence-corrected chi connectivity index (χ2v) is 8.26. The zero-order valence-electron chi connectivity index (χ0n) is 18.9. The number of aryl methyl sites for hydroxylation is 1. The summed E-state index contributed by atoms with van der Waals surface area (Å²) in [6.45, 7) is 2.04. The van der Waals surface area contributed by atoms with Crippen molar-refractivity contribution in [3.05, 3.63) is 119 Å². The first-order valence-electron chi connectivity index (χ1n) is 11.0. The van der Waals surface area contributed by atoms with Gasteiger partial charge in [0.25, 0.3) is 17.7 Å². The molecule has 1 aromatic heterocycles. The van der Waals surface area contributed by atoms with Crippen molar-refractivity contribution in [3.63, 3.8) is 0 Å². The van der Waals surface area contributed by atoms with E-state index in [2.05, 4.69) is 10.3 Å². The van der Waals surface area contributed by atoms with Gasteiger partial charge in [0.15, 0.2) is 0 Å². The van der Waals surface area contributed by atoms with E-state index >= 15 is 0 Å². The Hall–Kier alpha value is -4.59. The molecule has 3 aromatic carbocycles. The Labute approximate surface area is 200 Å². The standard InChI is InChI=1S/C27H21FN4O3/c1-17-29-11-12-31(17)24-10-7-19(13-23(24)28)15-30-25(33)20-8-9-21-22(14-20)27(35)32(26(21)34)16-18-5-3-2-4-6-18/h2-14H,15-16H2,1H3,(H,30,33). The number of carbonyl (C=O) groups excluding carboxylic acids is 3. The summed E-state index contributed by atoms with van der Waals surface area (Å²) in [4.78, 5) is 43.6. The molecule has 8 heteroatoms. The minimum absolute atomic E-state index is 0.100. The number of nitrogens with one attached hydrogen (secondary N) is 1. The van der Waals surface area contributed by atoms with Gasteiger partial charge in [-0.05, 0) is 48.4 Å². The number of fused-ring (bicyclic) bond motifs is 1. The number of hydrogen-bond donors (Lipinski definition) is 1. The molecule has 0 unspecified atom stereocenters. The van der Waals surface area contributed by atoms with Crippen LogP contribution in [-0.4, -0.2) is 32.2 Å². The van der Waals surface area contributed by atoms with Crippen LogP contribution in [0.4, 0.5) is 4.39 Å². The van der Waals surface area contributed by atoms with E-state index in [-0.39, 0.29) is 35.7 Å². The first-order valence-corrected chi connectivity index (χ1v) is 11.0. The molecule has 35 heavy (non-hydrogen) atoms. The summed E-state index contributed by atoms with van der Waals surface area (Å²) in [6, 6.07) is 18.4. The fraction of sp³-hybridized carbons (Fsp3) is 0.111. The van der Waals surface area contributed by atoms with Gasteiger partial charge in [0.1, 0.15) is 11.6 Å². The second kappa shape index (κ2) is 8.98. The van der Waals surface area contributed by atoms with E-state index in [0.717, 1.165) is 5.56 Å². The van der Waals surface area contributed by atoms with Gasteiger partial charge in [-0.2, -0.15) is 0 Å². The molecule has 0 atom stereocenters. The molecular formula is C27H21FN4O3. The van der Waals surface area contributed by atoms with Crippen molar-refractivity contribution in [1.29, 1.82) is 0 Å². The predicted octanol–water partition coefficient (Wildman–Crippen LogP) is 4.05. The molecule has 1 aliphatic heterocycles. The number of hydrogen-bond acceptors (Lipinski definition) is 4. The number of rotatable bonds is 6. The summed E-state index contributed by atoms with van der Waals surface area (Å²) in [5.74, 6) is -1.01. The average molecular weight is 468 g/mol. The molecule has 1 aliphatic rings. The quantitative estimate of drug-likeness (QED) is 0.433. The van der Waals surface area contributed by atoms with Gasteiger partial charge in [0.05, 0.1) is 23.4 Å². The molecule has 0 fully saturated rings. The van der Waals surface area contributed by atoms with Crippen molar-refractivity contribution < 1.29 is 18.8 Å². The van der Waals surface area contributed by atoms with Gasteiger partial charge in [0.2, 0.25) is 0 Å². The minimum Gasteiger partial charge on any atom is -0.348 e. The van der Waals surface area contributed by atoms with Gasteiger partial charge >= 0.3 is 0 Å². The lowest BCUT2D eigenvalue weighted by atomic mass is 10.1. The molecule has 174 valence electrons. The topological polar surface area (TPSA) is 84.3 Å². The number of halogens is 1. The van der Waals surface area contributed by atoms with Crippen molar-refractivity contribution in [2.75, 3.05) is 0 Å². The molecule has 0 bridgehead atoms. The molecule has 7 nitrogen and oxygen atoms in total. The highest BCUT2D eigenvalue weighted by molar-refractivity contribution is 6.22. The highest BCUT2D eigenvalue weighted by Crippen LogP contribution is 2.26. The van der Waals surface area contributed by atoms with Crippen LogP contribution in [0.2, 0.25) is 0 Å². The van der Waals surface area contributed by atoms with Gasteiger partial charge in [-0.1, -0.05) is 36.4 Å². The first-order chi connectivity index (χ1) is 16.9. The number of imidazole rings is 1. The lowest BCUT2D eigenvalue weighted by Gasteiger charge is -2.13. The van der Waals surface area contributed by atoms with Crippen molar-refractivity contribution >= 4 is 17.7 Å². The van der Waals surface area contributed by atoms with Crippen molar-refractivity contribution in [2.45, 2.75) is 20.0 Å². The maximum Gasteiger partial charge on any atom is 0.261 e. The minimum atomic E-state index is -0.434. The lowest BCUT2D eigenvalue weighted by Crippen LogP contribution is -2.29. The molecular weight excluding hydrogens is 447 g/mol. The smallest absolute Gasteiger partial charge is 0.261 e. The Kier molecular flexibility index (Phi) is 5.70. The van der Waals surface area contributed by atoms with E-state index in [4.69, 9.17) is 0 Å². The maximum atomic E-state index is 14.6. The maximum absolute atomic E-state index is 14.6. The second-order valence-electron chi connectivity index (χ2n) is 8.26. The summed E-state index contributed by atoms with van der Waals surface area (Å²) in [5, 5.41) is 2.74. The third-order valence-corrected chi connectivity index (χ3v) is 5.97. The summed E-state index contributed by atoms with van der Waals surface area (Å²) in [6.07, 6.45) is 3.27. The Morgan fingerprint density at radius 3 is 2.43 bits per heavy atom. The Morgan fingerprint density at radius 2 is 1.71 bits per heavy atom. The van der Waals surface area contributed by atoms with Gasteiger partial charge in [0, 0.05) is 24.5 Å². The van der Waals surface area contributed by atoms with Crippen LogP contribution in [0, 0.1) is 12.7 Å².